The number of hydrogen-bond donors (Lipinski definition) is 1. The van der Waals surface area contributed by atoms with E-state index in [0.29, 0.717) is 35.8 Å². The fraction of sp³-hybridized carbons (Fsp3) is 0.786. The van der Waals surface area contributed by atoms with Crippen LogP contribution in [-0.2, 0) is 0 Å². The molecule has 21 heavy (non-hydrogen) atoms. The SMILES string of the molecule is CCCNc1nc(OCC)nc(N2CCSC(C)C2C)n1. The fourth-order valence-electron chi connectivity index (χ4n) is 2.20. The summed E-state index contributed by atoms with van der Waals surface area (Å²) in [5.41, 5.74) is 0. The molecule has 2 heterocycles. The van der Waals surface area contributed by atoms with E-state index in [9.17, 15) is 0 Å². The zero-order valence-electron chi connectivity index (χ0n) is 13.3. The van der Waals surface area contributed by atoms with E-state index >= 15 is 0 Å². The van der Waals surface area contributed by atoms with Gasteiger partial charge >= 0.3 is 6.01 Å². The van der Waals surface area contributed by atoms with Gasteiger partial charge in [-0.1, -0.05) is 13.8 Å². The van der Waals surface area contributed by atoms with Crippen molar-refractivity contribution in [2.75, 3.05) is 35.7 Å². The molecule has 0 amide bonds. The van der Waals surface area contributed by atoms with Gasteiger partial charge in [-0.2, -0.15) is 26.7 Å². The molecule has 1 aliphatic heterocycles. The maximum atomic E-state index is 5.49. The van der Waals surface area contributed by atoms with E-state index in [1.165, 1.54) is 0 Å². The van der Waals surface area contributed by atoms with E-state index in [1.807, 2.05) is 18.7 Å². The predicted octanol–water partition coefficient (Wildman–Crippen LogP) is 2.42. The average molecular weight is 311 g/mol. The standard InChI is InChI=1S/C14H25N5OS/c1-5-7-15-12-16-13(18-14(17-12)20-6-2)19-8-9-21-11(4)10(19)3/h10-11H,5-9H2,1-4H3,(H,15,16,17,18). The monoisotopic (exact) mass is 311 g/mol. The Morgan fingerprint density at radius 3 is 2.81 bits per heavy atom. The van der Waals surface area contributed by atoms with Crippen molar-refractivity contribution in [3.63, 3.8) is 0 Å². The van der Waals surface area contributed by atoms with Gasteiger partial charge in [-0.3, -0.25) is 0 Å². The van der Waals surface area contributed by atoms with Crippen molar-refractivity contribution in [2.45, 2.75) is 45.4 Å². The van der Waals surface area contributed by atoms with E-state index in [-0.39, 0.29) is 0 Å². The number of rotatable bonds is 6. The smallest absolute Gasteiger partial charge is 0.323 e. The summed E-state index contributed by atoms with van der Waals surface area (Å²) in [6.45, 7) is 10.9. The molecule has 6 nitrogen and oxygen atoms in total. The molecule has 2 rings (SSSR count). The molecular formula is C14H25N5OS. The highest BCUT2D eigenvalue weighted by Gasteiger charge is 2.28. The molecule has 118 valence electrons. The molecule has 1 N–H and O–H groups in total. The van der Waals surface area contributed by atoms with Crippen LogP contribution in [0.1, 0.15) is 34.1 Å². The van der Waals surface area contributed by atoms with Crippen molar-refractivity contribution in [1.82, 2.24) is 15.0 Å². The number of ether oxygens (including phenoxy) is 1. The van der Waals surface area contributed by atoms with Crippen LogP contribution in [-0.4, -0.2) is 51.7 Å². The summed E-state index contributed by atoms with van der Waals surface area (Å²) in [5, 5.41) is 3.79. The van der Waals surface area contributed by atoms with Gasteiger partial charge in [0.25, 0.3) is 0 Å². The molecule has 2 atom stereocenters. The number of nitrogens with zero attached hydrogens (tertiary/aromatic N) is 4. The first-order chi connectivity index (χ1) is 10.2. The Hall–Kier alpha value is -1.24. The van der Waals surface area contributed by atoms with Gasteiger partial charge in [0.1, 0.15) is 0 Å². The Bertz CT molecular complexity index is 459. The lowest BCUT2D eigenvalue weighted by Crippen LogP contribution is -2.45. The zero-order chi connectivity index (χ0) is 15.2. The summed E-state index contributed by atoms with van der Waals surface area (Å²) in [5.74, 6) is 2.41. The van der Waals surface area contributed by atoms with Crippen molar-refractivity contribution in [3.05, 3.63) is 0 Å². The number of thioether (sulfide) groups is 1. The number of anilines is 2. The number of hydrogen-bond acceptors (Lipinski definition) is 7. The van der Waals surface area contributed by atoms with Crippen LogP contribution in [0.2, 0.25) is 0 Å². The molecule has 1 saturated heterocycles. The minimum atomic E-state index is 0.402. The Balaban J connectivity index is 2.25. The van der Waals surface area contributed by atoms with Crippen molar-refractivity contribution in [3.8, 4) is 6.01 Å². The quantitative estimate of drug-likeness (QED) is 0.865. The van der Waals surface area contributed by atoms with Gasteiger partial charge in [0.15, 0.2) is 0 Å². The molecule has 0 aromatic carbocycles. The van der Waals surface area contributed by atoms with Gasteiger partial charge in [0, 0.05) is 30.1 Å². The molecule has 1 aromatic heterocycles. The van der Waals surface area contributed by atoms with Crippen LogP contribution in [0.25, 0.3) is 0 Å². The lowest BCUT2D eigenvalue weighted by Gasteiger charge is -2.37. The van der Waals surface area contributed by atoms with Gasteiger partial charge < -0.3 is 15.0 Å². The van der Waals surface area contributed by atoms with Crippen LogP contribution in [0.5, 0.6) is 6.01 Å². The van der Waals surface area contributed by atoms with Gasteiger partial charge in [0.05, 0.1) is 6.61 Å². The molecule has 1 fully saturated rings. The topological polar surface area (TPSA) is 63.2 Å². The van der Waals surface area contributed by atoms with Crippen molar-refractivity contribution in [2.24, 2.45) is 0 Å². The first-order valence-electron chi connectivity index (χ1n) is 7.66. The highest BCUT2D eigenvalue weighted by molar-refractivity contribution is 8.00. The maximum Gasteiger partial charge on any atom is 0.323 e. The van der Waals surface area contributed by atoms with Crippen molar-refractivity contribution >= 4 is 23.7 Å². The summed E-state index contributed by atoms with van der Waals surface area (Å²) >= 11 is 2.00. The molecule has 2 unspecified atom stereocenters. The summed E-state index contributed by atoms with van der Waals surface area (Å²) in [7, 11) is 0. The van der Waals surface area contributed by atoms with Crippen molar-refractivity contribution in [1.29, 1.82) is 0 Å². The third-order valence-electron chi connectivity index (χ3n) is 3.55. The second kappa shape index (κ2) is 7.68. The summed E-state index contributed by atoms with van der Waals surface area (Å²) < 4.78 is 5.49. The lowest BCUT2D eigenvalue weighted by molar-refractivity contribution is 0.311. The van der Waals surface area contributed by atoms with Gasteiger partial charge in [-0.15, -0.1) is 0 Å². The normalized spacial score (nSPS) is 22.2. The third kappa shape index (κ3) is 4.12. The Kier molecular flexibility index (Phi) is 5.90. The van der Waals surface area contributed by atoms with Crippen LogP contribution >= 0.6 is 11.8 Å². The predicted molar refractivity (Wildman–Crippen MR) is 88.5 cm³/mol. The molecule has 0 radical (unpaired) electrons. The van der Waals surface area contributed by atoms with E-state index in [1.54, 1.807) is 0 Å². The molecule has 0 bridgehead atoms. The van der Waals surface area contributed by atoms with Gasteiger partial charge in [-0.05, 0) is 20.3 Å². The first-order valence-corrected chi connectivity index (χ1v) is 8.71. The van der Waals surface area contributed by atoms with Crippen LogP contribution < -0.4 is 15.0 Å². The molecule has 0 saturated carbocycles. The molecule has 1 aliphatic rings. The van der Waals surface area contributed by atoms with E-state index < -0.39 is 0 Å². The van der Waals surface area contributed by atoms with Crippen LogP contribution in [0.4, 0.5) is 11.9 Å². The average Bonchev–Trinajstić information content (AvgIpc) is 2.48. The second-order valence-electron chi connectivity index (χ2n) is 5.11. The third-order valence-corrected chi connectivity index (χ3v) is 4.89. The minimum absolute atomic E-state index is 0.402. The first kappa shape index (κ1) is 16.1. The minimum Gasteiger partial charge on any atom is -0.464 e. The Morgan fingerprint density at radius 2 is 2.10 bits per heavy atom. The van der Waals surface area contributed by atoms with Gasteiger partial charge in [0.2, 0.25) is 11.9 Å². The number of aromatic nitrogens is 3. The van der Waals surface area contributed by atoms with E-state index in [0.717, 1.165) is 25.3 Å². The highest BCUT2D eigenvalue weighted by Crippen LogP contribution is 2.28. The Labute approximate surface area is 131 Å². The van der Waals surface area contributed by atoms with Crippen LogP contribution in [0, 0.1) is 0 Å². The number of nitrogens with one attached hydrogen (secondary N) is 1. The molecule has 1 aromatic rings. The van der Waals surface area contributed by atoms with Crippen molar-refractivity contribution < 1.29 is 4.74 Å². The largest absolute Gasteiger partial charge is 0.464 e. The van der Waals surface area contributed by atoms with E-state index in [4.69, 9.17) is 4.74 Å². The van der Waals surface area contributed by atoms with Crippen LogP contribution in [0.3, 0.4) is 0 Å². The maximum absolute atomic E-state index is 5.49. The van der Waals surface area contributed by atoms with E-state index in [2.05, 4.69) is 45.9 Å². The lowest BCUT2D eigenvalue weighted by atomic mass is 10.2. The van der Waals surface area contributed by atoms with Gasteiger partial charge in [-0.25, -0.2) is 0 Å². The molecule has 7 heteroatoms. The summed E-state index contributed by atoms with van der Waals surface area (Å²) in [6, 6.07) is 0.804. The second-order valence-corrected chi connectivity index (χ2v) is 6.60. The fourth-order valence-corrected chi connectivity index (χ4v) is 3.30. The Morgan fingerprint density at radius 1 is 1.29 bits per heavy atom. The highest BCUT2D eigenvalue weighted by atomic mass is 32.2. The summed E-state index contributed by atoms with van der Waals surface area (Å²) in [6.07, 6.45) is 1.03. The molecule has 0 spiro atoms. The molecule has 0 aliphatic carbocycles. The van der Waals surface area contributed by atoms with Crippen LogP contribution in [0.15, 0.2) is 0 Å². The molecular weight excluding hydrogens is 286 g/mol. The zero-order valence-corrected chi connectivity index (χ0v) is 14.1. The summed E-state index contributed by atoms with van der Waals surface area (Å²) in [4.78, 5) is 15.6.